The number of carbonyl (C=O) groups is 1. The minimum Gasteiger partial charge on any atom is -0.444 e. The highest BCUT2D eigenvalue weighted by molar-refractivity contribution is 5.95. The third-order valence-electron chi connectivity index (χ3n) is 4.04. The Balaban J connectivity index is 1.74. The van der Waals surface area contributed by atoms with Crippen LogP contribution in [0.15, 0.2) is 71.6 Å². The van der Waals surface area contributed by atoms with E-state index in [1.165, 1.54) is 6.39 Å². The number of nitrogens with zero attached hydrogens (tertiary/aromatic N) is 2. The van der Waals surface area contributed by atoms with E-state index >= 15 is 0 Å². The Morgan fingerprint density at radius 1 is 1.16 bits per heavy atom. The number of hydrogen-bond acceptors (Lipinski definition) is 4. The molecule has 128 valence electrons. The summed E-state index contributed by atoms with van der Waals surface area (Å²) in [6, 6.07) is 17.3. The van der Waals surface area contributed by atoms with Gasteiger partial charge >= 0.3 is 0 Å². The fourth-order valence-corrected chi connectivity index (χ4v) is 2.68. The van der Waals surface area contributed by atoms with E-state index in [0.717, 1.165) is 16.8 Å². The number of carbonyl (C=O) groups excluding carboxylic acids is 1. The number of rotatable bonds is 6. The van der Waals surface area contributed by atoms with E-state index in [2.05, 4.69) is 10.3 Å². The maximum Gasteiger partial charge on any atom is 0.242 e. The van der Waals surface area contributed by atoms with Gasteiger partial charge in [0, 0.05) is 11.3 Å². The van der Waals surface area contributed by atoms with Crippen molar-refractivity contribution in [3.8, 4) is 11.3 Å². The highest BCUT2D eigenvalue weighted by Crippen LogP contribution is 2.22. The Morgan fingerprint density at radius 3 is 2.64 bits per heavy atom. The Labute approximate surface area is 147 Å². The normalized spacial score (nSPS) is 12.1. The molecule has 1 heterocycles. The molecule has 1 atom stereocenters. The van der Waals surface area contributed by atoms with E-state index in [0.29, 0.717) is 12.2 Å². The third-order valence-corrected chi connectivity index (χ3v) is 4.04. The quantitative estimate of drug-likeness (QED) is 0.749. The van der Waals surface area contributed by atoms with Crippen molar-refractivity contribution in [1.82, 2.24) is 9.88 Å². The zero-order valence-electron chi connectivity index (χ0n) is 14.3. The van der Waals surface area contributed by atoms with Gasteiger partial charge < -0.3 is 9.73 Å². The standard InChI is InChI=1S/C20H21N3O2/c1-23(2)18(11-15-7-4-3-5-8-15)20(24)22-17-10-6-9-16(12-17)19-13-21-14-25-19/h3-10,12-14,18H,11H2,1-2H3,(H,22,24). The van der Waals surface area contributed by atoms with Crippen molar-refractivity contribution in [2.75, 3.05) is 19.4 Å². The summed E-state index contributed by atoms with van der Waals surface area (Å²) >= 11 is 0. The fraction of sp³-hybridized carbons (Fsp3) is 0.200. The molecule has 0 aliphatic rings. The molecule has 0 fully saturated rings. The molecule has 25 heavy (non-hydrogen) atoms. The van der Waals surface area contributed by atoms with Gasteiger partial charge in [0.05, 0.1) is 12.2 Å². The van der Waals surface area contributed by atoms with Crippen molar-refractivity contribution in [2.24, 2.45) is 0 Å². The van der Waals surface area contributed by atoms with E-state index in [4.69, 9.17) is 4.42 Å². The van der Waals surface area contributed by atoms with Gasteiger partial charge in [-0.2, -0.15) is 0 Å². The van der Waals surface area contributed by atoms with Crippen LogP contribution in [-0.4, -0.2) is 35.9 Å². The van der Waals surface area contributed by atoms with Crippen molar-refractivity contribution < 1.29 is 9.21 Å². The lowest BCUT2D eigenvalue weighted by atomic mass is 10.0. The van der Waals surface area contributed by atoms with Gasteiger partial charge in [-0.1, -0.05) is 42.5 Å². The zero-order valence-corrected chi connectivity index (χ0v) is 14.3. The molecule has 1 aromatic heterocycles. The van der Waals surface area contributed by atoms with Crippen LogP contribution in [0.25, 0.3) is 11.3 Å². The van der Waals surface area contributed by atoms with Crippen molar-refractivity contribution in [3.05, 3.63) is 72.8 Å². The van der Waals surface area contributed by atoms with Gasteiger partial charge in [0.15, 0.2) is 12.2 Å². The molecule has 0 saturated carbocycles. The predicted octanol–water partition coefficient (Wildman–Crippen LogP) is 3.45. The minimum atomic E-state index is -0.253. The monoisotopic (exact) mass is 335 g/mol. The van der Waals surface area contributed by atoms with Crippen molar-refractivity contribution in [3.63, 3.8) is 0 Å². The minimum absolute atomic E-state index is 0.0384. The first-order valence-corrected chi connectivity index (χ1v) is 8.13. The number of benzene rings is 2. The predicted molar refractivity (Wildman–Crippen MR) is 98.2 cm³/mol. The summed E-state index contributed by atoms with van der Waals surface area (Å²) in [7, 11) is 3.83. The summed E-state index contributed by atoms with van der Waals surface area (Å²) < 4.78 is 5.31. The van der Waals surface area contributed by atoms with Gasteiger partial charge in [0.2, 0.25) is 5.91 Å². The molecule has 0 spiro atoms. The van der Waals surface area contributed by atoms with Gasteiger partial charge in [-0.25, -0.2) is 4.98 Å². The SMILES string of the molecule is CN(C)C(Cc1ccccc1)C(=O)Nc1cccc(-c2cnco2)c1. The van der Waals surface area contributed by atoms with Gasteiger partial charge in [0.1, 0.15) is 0 Å². The Hall–Kier alpha value is -2.92. The fourth-order valence-electron chi connectivity index (χ4n) is 2.68. The zero-order chi connectivity index (χ0) is 17.6. The molecule has 1 amide bonds. The van der Waals surface area contributed by atoms with Gasteiger partial charge in [-0.3, -0.25) is 9.69 Å². The second-order valence-electron chi connectivity index (χ2n) is 6.10. The molecular formula is C20H21N3O2. The van der Waals surface area contributed by atoms with Gasteiger partial charge in [-0.15, -0.1) is 0 Å². The molecule has 2 aromatic carbocycles. The summed E-state index contributed by atoms with van der Waals surface area (Å²) in [5, 5.41) is 3.00. The molecule has 1 N–H and O–H groups in total. The molecule has 1 unspecified atom stereocenters. The van der Waals surface area contributed by atoms with E-state index in [9.17, 15) is 4.79 Å². The van der Waals surface area contributed by atoms with Crippen molar-refractivity contribution in [2.45, 2.75) is 12.5 Å². The average Bonchev–Trinajstić information content (AvgIpc) is 3.15. The van der Waals surface area contributed by atoms with E-state index in [1.807, 2.05) is 73.6 Å². The van der Waals surface area contributed by atoms with Crippen LogP contribution < -0.4 is 5.32 Å². The Kier molecular flexibility index (Phi) is 5.26. The lowest BCUT2D eigenvalue weighted by molar-refractivity contribution is -0.120. The number of amides is 1. The highest BCUT2D eigenvalue weighted by Gasteiger charge is 2.21. The summed E-state index contributed by atoms with van der Waals surface area (Å²) in [6.45, 7) is 0. The second kappa shape index (κ2) is 7.77. The first-order chi connectivity index (χ1) is 12.1. The van der Waals surface area contributed by atoms with Gasteiger partial charge in [-0.05, 0) is 38.2 Å². The largest absolute Gasteiger partial charge is 0.444 e. The van der Waals surface area contributed by atoms with Crippen LogP contribution in [0.1, 0.15) is 5.56 Å². The number of nitrogens with one attached hydrogen (secondary N) is 1. The molecule has 5 heteroatoms. The van der Waals surface area contributed by atoms with Crippen LogP contribution in [-0.2, 0) is 11.2 Å². The summed E-state index contributed by atoms with van der Waals surface area (Å²) in [5.41, 5.74) is 2.74. The molecule has 5 nitrogen and oxygen atoms in total. The topological polar surface area (TPSA) is 58.4 Å². The van der Waals surface area contributed by atoms with Gasteiger partial charge in [0.25, 0.3) is 0 Å². The third kappa shape index (κ3) is 4.33. The molecule has 3 rings (SSSR count). The average molecular weight is 335 g/mol. The lowest BCUT2D eigenvalue weighted by Gasteiger charge is -2.23. The highest BCUT2D eigenvalue weighted by atomic mass is 16.3. The van der Waals surface area contributed by atoms with Crippen LogP contribution in [0.3, 0.4) is 0 Å². The van der Waals surface area contributed by atoms with Crippen LogP contribution >= 0.6 is 0 Å². The molecule has 3 aromatic rings. The maximum atomic E-state index is 12.8. The maximum absolute atomic E-state index is 12.8. The first-order valence-electron chi connectivity index (χ1n) is 8.13. The summed E-state index contributed by atoms with van der Waals surface area (Å²) in [5.74, 6) is 0.633. The summed E-state index contributed by atoms with van der Waals surface area (Å²) in [4.78, 5) is 18.6. The van der Waals surface area contributed by atoms with Crippen molar-refractivity contribution in [1.29, 1.82) is 0 Å². The Morgan fingerprint density at radius 2 is 1.96 bits per heavy atom. The summed E-state index contributed by atoms with van der Waals surface area (Å²) in [6.07, 6.45) is 3.70. The smallest absolute Gasteiger partial charge is 0.242 e. The van der Waals surface area contributed by atoms with Crippen LogP contribution in [0.4, 0.5) is 5.69 Å². The number of likely N-dealkylation sites (N-methyl/N-ethyl adjacent to an activating group) is 1. The van der Waals surface area contributed by atoms with Crippen LogP contribution in [0.5, 0.6) is 0 Å². The van der Waals surface area contributed by atoms with E-state index < -0.39 is 0 Å². The lowest BCUT2D eigenvalue weighted by Crippen LogP contribution is -2.41. The molecule has 0 aliphatic carbocycles. The molecule has 0 aliphatic heterocycles. The first kappa shape index (κ1) is 16.9. The van der Waals surface area contributed by atoms with Crippen LogP contribution in [0, 0.1) is 0 Å². The van der Waals surface area contributed by atoms with Crippen LogP contribution in [0.2, 0.25) is 0 Å². The van der Waals surface area contributed by atoms with E-state index in [1.54, 1.807) is 6.20 Å². The molecular weight excluding hydrogens is 314 g/mol. The number of hydrogen-bond donors (Lipinski definition) is 1. The number of anilines is 1. The number of aromatic nitrogens is 1. The van der Waals surface area contributed by atoms with E-state index in [-0.39, 0.29) is 11.9 Å². The van der Waals surface area contributed by atoms with Crippen molar-refractivity contribution >= 4 is 11.6 Å². The molecule has 0 saturated heterocycles. The second-order valence-corrected chi connectivity index (χ2v) is 6.10. The number of oxazole rings is 1. The Bertz CT molecular complexity index is 814. The molecule has 0 bridgehead atoms. The molecule has 0 radical (unpaired) electrons.